The number of benzene rings is 2. The molecule has 1 N–H and O–H groups in total. The van der Waals surface area contributed by atoms with E-state index in [4.69, 9.17) is 0 Å². The molecular weight excluding hydrogens is 380 g/mol. The molecule has 2 amide bonds. The van der Waals surface area contributed by atoms with Crippen molar-refractivity contribution in [2.45, 2.75) is 25.8 Å². The highest BCUT2D eigenvalue weighted by atomic mass is 79.9. The monoisotopic (exact) mass is 400 g/mol. The summed E-state index contributed by atoms with van der Waals surface area (Å²) in [7, 11) is 0. The van der Waals surface area contributed by atoms with E-state index in [-0.39, 0.29) is 11.8 Å². The van der Waals surface area contributed by atoms with Crippen LogP contribution in [0.1, 0.15) is 34.3 Å². The lowest BCUT2D eigenvalue weighted by atomic mass is 9.99. The third-order valence-corrected chi connectivity index (χ3v) is 4.92. The van der Waals surface area contributed by atoms with Crippen LogP contribution in [0.25, 0.3) is 0 Å². The number of hydrogen-bond donors (Lipinski definition) is 1. The van der Waals surface area contributed by atoms with E-state index < -0.39 is 0 Å². The summed E-state index contributed by atoms with van der Waals surface area (Å²) in [4.78, 5) is 26.3. The first-order chi connectivity index (χ1) is 12.1. The Hall–Kier alpha value is -2.14. The van der Waals surface area contributed by atoms with Crippen LogP contribution in [0.3, 0.4) is 0 Å². The van der Waals surface area contributed by atoms with E-state index in [1.54, 1.807) is 12.1 Å². The minimum atomic E-state index is -0.111. The molecule has 0 radical (unpaired) electrons. The Morgan fingerprint density at radius 3 is 2.68 bits per heavy atom. The Bertz CT molecular complexity index is 776. The molecule has 2 aromatic carbocycles. The zero-order valence-electron chi connectivity index (χ0n) is 14.0. The second-order valence-electron chi connectivity index (χ2n) is 6.20. The van der Waals surface area contributed by atoms with Crippen LogP contribution in [0, 0.1) is 0 Å². The molecule has 0 spiro atoms. The second kappa shape index (κ2) is 8.30. The van der Waals surface area contributed by atoms with Crippen LogP contribution in [-0.4, -0.2) is 29.8 Å². The van der Waals surface area contributed by atoms with Crippen molar-refractivity contribution in [1.29, 1.82) is 0 Å². The first kappa shape index (κ1) is 17.7. The molecule has 0 aliphatic carbocycles. The topological polar surface area (TPSA) is 49.4 Å². The molecule has 3 rings (SSSR count). The zero-order chi connectivity index (χ0) is 17.6. The Kier molecular flexibility index (Phi) is 5.87. The number of hydrogen-bond acceptors (Lipinski definition) is 2. The highest BCUT2D eigenvalue weighted by Gasteiger charge is 2.19. The maximum Gasteiger partial charge on any atom is 0.251 e. The molecule has 0 saturated carbocycles. The lowest BCUT2D eigenvalue weighted by molar-refractivity contribution is -0.132. The third kappa shape index (κ3) is 4.69. The molecule has 5 heteroatoms. The standard InChI is InChI=1S/C20H21BrN2O2/c21-18-8-3-7-16(13-18)20(25)22-11-4-9-19(24)23-12-10-15-5-1-2-6-17(15)14-23/h1-3,5-8,13H,4,9-12,14H2,(H,22,25). The lowest BCUT2D eigenvalue weighted by Crippen LogP contribution is -2.36. The molecular formula is C20H21BrN2O2. The summed E-state index contributed by atoms with van der Waals surface area (Å²) in [6.45, 7) is 1.97. The highest BCUT2D eigenvalue weighted by molar-refractivity contribution is 9.10. The van der Waals surface area contributed by atoms with Gasteiger partial charge in [0.1, 0.15) is 0 Å². The Morgan fingerprint density at radius 1 is 1.08 bits per heavy atom. The Morgan fingerprint density at radius 2 is 1.88 bits per heavy atom. The Balaban J connectivity index is 1.42. The van der Waals surface area contributed by atoms with Crippen molar-refractivity contribution in [1.82, 2.24) is 10.2 Å². The molecule has 25 heavy (non-hydrogen) atoms. The molecule has 4 nitrogen and oxygen atoms in total. The van der Waals surface area contributed by atoms with Crippen molar-refractivity contribution in [3.63, 3.8) is 0 Å². The van der Waals surface area contributed by atoms with Crippen LogP contribution in [0.4, 0.5) is 0 Å². The predicted octanol–water partition coefficient (Wildman–Crippen LogP) is 3.54. The molecule has 1 heterocycles. The largest absolute Gasteiger partial charge is 0.352 e. The maximum absolute atomic E-state index is 12.4. The molecule has 0 fully saturated rings. The minimum Gasteiger partial charge on any atom is -0.352 e. The maximum atomic E-state index is 12.4. The average Bonchev–Trinajstić information content (AvgIpc) is 2.64. The van der Waals surface area contributed by atoms with Crippen LogP contribution in [0.15, 0.2) is 53.0 Å². The summed E-state index contributed by atoms with van der Waals surface area (Å²) in [5, 5.41) is 2.87. The molecule has 0 unspecified atom stereocenters. The number of halogens is 1. The van der Waals surface area contributed by atoms with E-state index in [9.17, 15) is 9.59 Å². The molecule has 1 aliphatic heterocycles. The van der Waals surface area contributed by atoms with Gasteiger partial charge in [0.2, 0.25) is 5.91 Å². The van der Waals surface area contributed by atoms with Crippen molar-refractivity contribution in [2.24, 2.45) is 0 Å². The van der Waals surface area contributed by atoms with Gasteiger partial charge in [0.05, 0.1) is 0 Å². The summed E-state index contributed by atoms with van der Waals surface area (Å²) in [6.07, 6.45) is 2.03. The zero-order valence-corrected chi connectivity index (χ0v) is 15.6. The van der Waals surface area contributed by atoms with E-state index in [1.165, 1.54) is 11.1 Å². The van der Waals surface area contributed by atoms with Gasteiger partial charge >= 0.3 is 0 Å². The van der Waals surface area contributed by atoms with Gasteiger partial charge in [-0.1, -0.05) is 46.3 Å². The first-order valence-corrected chi connectivity index (χ1v) is 9.31. The fourth-order valence-electron chi connectivity index (χ4n) is 3.04. The summed E-state index contributed by atoms with van der Waals surface area (Å²) >= 11 is 3.36. The van der Waals surface area contributed by atoms with E-state index in [0.29, 0.717) is 31.5 Å². The van der Waals surface area contributed by atoms with Gasteiger partial charge in [0, 0.05) is 36.1 Å². The summed E-state index contributed by atoms with van der Waals surface area (Å²) in [6, 6.07) is 15.6. The number of nitrogens with one attached hydrogen (secondary N) is 1. The molecule has 0 bridgehead atoms. The predicted molar refractivity (Wildman–Crippen MR) is 101 cm³/mol. The summed E-state index contributed by atoms with van der Waals surface area (Å²) < 4.78 is 0.876. The van der Waals surface area contributed by atoms with Crippen LogP contribution < -0.4 is 5.32 Å². The third-order valence-electron chi connectivity index (χ3n) is 4.42. The van der Waals surface area contributed by atoms with Crippen molar-refractivity contribution < 1.29 is 9.59 Å². The van der Waals surface area contributed by atoms with Gasteiger partial charge in [-0.05, 0) is 42.2 Å². The molecule has 1 aliphatic rings. The molecule has 0 aromatic heterocycles. The number of carbonyl (C=O) groups is 2. The van der Waals surface area contributed by atoms with Gasteiger partial charge in [-0.15, -0.1) is 0 Å². The fourth-order valence-corrected chi connectivity index (χ4v) is 3.44. The SMILES string of the molecule is O=C(NCCCC(=O)N1CCc2ccccc2C1)c1cccc(Br)c1. The van der Waals surface area contributed by atoms with Crippen LogP contribution >= 0.6 is 15.9 Å². The van der Waals surface area contributed by atoms with Crippen LogP contribution in [0.2, 0.25) is 0 Å². The number of nitrogens with zero attached hydrogens (tertiary/aromatic N) is 1. The van der Waals surface area contributed by atoms with Gasteiger partial charge in [-0.3, -0.25) is 9.59 Å². The minimum absolute atomic E-state index is 0.111. The summed E-state index contributed by atoms with van der Waals surface area (Å²) in [5.74, 6) is 0.0480. The quantitative estimate of drug-likeness (QED) is 0.780. The van der Waals surface area contributed by atoms with E-state index in [1.807, 2.05) is 29.2 Å². The first-order valence-electron chi connectivity index (χ1n) is 8.52. The van der Waals surface area contributed by atoms with Crippen molar-refractivity contribution >= 4 is 27.7 Å². The van der Waals surface area contributed by atoms with Crippen LogP contribution in [0.5, 0.6) is 0 Å². The lowest BCUT2D eigenvalue weighted by Gasteiger charge is -2.29. The summed E-state index contributed by atoms with van der Waals surface area (Å²) in [5.41, 5.74) is 3.20. The molecule has 0 saturated heterocycles. The van der Waals surface area contributed by atoms with Crippen molar-refractivity contribution in [2.75, 3.05) is 13.1 Å². The molecule has 130 valence electrons. The fraction of sp³-hybridized carbons (Fsp3) is 0.300. The molecule has 0 atom stereocenters. The van der Waals surface area contributed by atoms with Gasteiger partial charge in [0.15, 0.2) is 0 Å². The van der Waals surface area contributed by atoms with E-state index in [0.717, 1.165) is 17.4 Å². The average molecular weight is 401 g/mol. The normalized spacial score (nSPS) is 13.2. The van der Waals surface area contributed by atoms with E-state index in [2.05, 4.69) is 33.4 Å². The van der Waals surface area contributed by atoms with Crippen LogP contribution in [-0.2, 0) is 17.8 Å². The smallest absolute Gasteiger partial charge is 0.251 e. The number of fused-ring (bicyclic) bond motifs is 1. The number of rotatable bonds is 5. The van der Waals surface area contributed by atoms with Crippen molar-refractivity contribution in [3.05, 3.63) is 69.7 Å². The highest BCUT2D eigenvalue weighted by Crippen LogP contribution is 2.19. The van der Waals surface area contributed by atoms with Crippen molar-refractivity contribution in [3.8, 4) is 0 Å². The number of carbonyl (C=O) groups excluding carboxylic acids is 2. The molecule has 2 aromatic rings. The number of amides is 2. The van der Waals surface area contributed by atoms with E-state index >= 15 is 0 Å². The van der Waals surface area contributed by atoms with Gasteiger partial charge in [-0.2, -0.15) is 0 Å². The second-order valence-corrected chi connectivity index (χ2v) is 7.12. The van der Waals surface area contributed by atoms with Gasteiger partial charge < -0.3 is 10.2 Å². The van der Waals surface area contributed by atoms with Gasteiger partial charge in [0.25, 0.3) is 5.91 Å². The van der Waals surface area contributed by atoms with Gasteiger partial charge in [-0.25, -0.2) is 0 Å². The Labute approximate surface area is 156 Å².